The molecule has 0 spiro atoms. The van der Waals surface area contributed by atoms with E-state index < -0.39 is 0 Å². The fraction of sp³-hybridized carbons (Fsp3) is 0.300. The third-order valence-electron chi connectivity index (χ3n) is 1.71. The number of carbonyl (C=O) groups excluding carboxylic acids is 1. The van der Waals surface area contributed by atoms with Gasteiger partial charge in [-0.2, -0.15) is 0 Å². The predicted molar refractivity (Wildman–Crippen MR) is 58.2 cm³/mol. The fourth-order valence-corrected chi connectivity index (χ4v) is 1.41. The smallest absolute Gasteiger partial charge is 0.251 e. The van der Waals surface area contributed by atoms with E-state index in [4.69, 9.17) is 5.11 Å². The largest absolute Gasteiger partial charge is 0.396 e. The fourth-order valence-electron chi connectivity index (χ4n) is 1.01. The van der Waals surface area contributed by atoms with Crippen LogP contribution >= 0.6 is 15.9 Å². The number of halogens is 1. The van der Waals surface area contributed by atoms with Crippen LogP contribution in [-0.2, 0) is 0 Å². The third kappa shape index (κ3) is 3.47. The molecule has 0 aliphatic carbocycles. The van der Waals surface area contributed by atoms with Crippen LogP contribution in [0.5, 0.6) is 0 Å². The lowest BCUT2D eigenvalue weighted by Crippen LogP contribution is -2.24. The van der Waals surface area contributed by atoms with Crippen LogP contribution in [0.1, 0.15) is 16.8 Å². The molecule has 0 bridgehead atoms. The first-order valence-corrected chi connectivity index (χ1v) is 5.18. The van der Waals surface area contributed by atoms with Crippen molar-refractivity contribution in [3.05, 3.63) is 34.3 Å². The zero-order chi connectivity index (χ0) is 10.4. The van der Waals surface area contributed by atoms with Crippen molar-refractivity contribution in [1.29, 1.82) is 0 Å². The summed E-state index contributed by atoms with van der Waals surface area (Å²) >= 11 is 3.29. The highest BCUT2D eigenvalue weighted by Crippen LogP contribution is 2.11. The number of amides is 1. The van der Waals surface area contributed by atoms with E-state index in [9.17, 15) is 4.79 Å². The van der Waals surface area contributed by atoms with E-state index in [1.54, 1.807) is 12.1 Å². The van der Waals surface area contributed by atoms with E-state index in [0.717, 1.165) is 4.47 Å². The molecular weight excluding hydrogens is 246 g/mol. The average Bonchev–Trinajstić information content (AvgIpc) is 2.18. The molecule has 0 saturated carbocycles. The van der Waals surface area contributed by atoms with Crippen molar-refractivity contribution in [3.8, 4) is 0 Å². The van der Waals surface area contributed by atoms with Gasteiger partial charge in [-0.15, -0.1) is 0 Å². The Hall–Kier alpha value is -0.870. The minimum atomic E-state index is -0.111. The van der Waals surface area contributed by atoms with Gasteiger partial charge in [-0.1, -0.05) is 22.0 Å². The van der Waals surface area contributed by atoms with Crippen LogP contribution in [0.25, 0.3) is 0 Å². The Morgan fingerprint density at radius 1 is 1.50 bits per heavy atom. The monoisotopic (exact) mass is 257 g/mol. The normalized spacial score (nSPS) is 9.86. The molecule has 0 radical (unpaired) electrons. The first-order valence-electron chi connectivity index (χ1n) is 4.38. The number of rotatable bonds is 4. The zero-order valence-electron chi connectivity index (χ0n) is 7.66. The van der Waals surface area contributed by atoms with Crippen molar-refractivity contribution >= 4 is 21.8 Å². The van der Waals surface area contributed by atoms with Crippen LogP contribution in [0, 0.1) is 0 Å². The van der Waals surface area contributed by atoms with Crippen LogP contribution < -0.4 is 5.32 Å². The van der Waals surface area contributed by atoms with Gasteiger partial charge in [0.25, 0.3) is 5.91 Å². The molecule has 1 aromatic rings. The van der Waals surface area contributed by atoms with E-state index in [2.05, 4.69) is 21.2 Å². The molecule has 14 heavy (non-hydrogen) atoms. The summed E-state index contributed by atoms with van der Waals surface area (Å²) < 4.78 is 0.882. The Kier molecular flexibility index (Phi) is 4.62. The second kappa shape index (κ2) is 5.78. The number of carbonyl (C=O) groups is 1. The minimum absolute atomic E-state index is 0.0960. The van der Waals surface area contributed by atoms with Crippen molar-refractivity contribution < 1.29 is 9.90 Å². The molecular formula is C10H12BrNO2. The lowest BCUT2D eigenvalue weighted by atomic mass is 10.2. The summed E-state index contributed by atoms with van der Waals surface area (Å²) in [4.78, 5) is 11.5. The molecule has 2 N–H and O–H groups in total. The standard InChI is InChI=1S/C10H12BrNO2/c11-9-4-1-3-8(7-9)10(14)12-5-2-6-13/h1,3-4,7,13H,2,5-6H2,(H,12,14). The highest BCUT2D eigenvalue weighted by atomic mass is 79.9. The summed E-state index contributed by atoms with van der Waals surface area (Å²) in [5.74, 6) is -0.111. The Morgan fingerprint density at radius 3 is 2.93 bits per heavy atom. The maximum absolute atomic E-state index is 11.5. The molecule has 0 heterocycles. The molecule has 1 aromatic carbocycles. The number of nitrogens with one attached hydrogen (secondary N) is 1. The van der Waals surface area contributed by atoms with E-state index in [-0.39, 0.29) is 12.5 Å². The van der Waals surface area contributed by atoms with Gasteiger partial charge in [0.1, 0.15) is 0 Å². The molecule has 1 rings (SSSR count). The van der Waals surface area contributed by atoms with Gasteiger partial charge in [-0.05, 0) is 24.6 Å². The Balaban J connectivity index is 2.52. The first-order chi connectivity index (χ1) is 6.74. The first kappa shape index (κ1) is 11.2. The zero-order valence-corrected chi connectivity index (χ0v) is 9.25. The van der Waals surface area contributed by atoms with Crippen LogP contribution in [0.4, 0.5) is 0 Å². The van der Waals surface area contributed by atoms with Gasteiger partial charge in [0.15, 0.2) is 0 Å². The lowest BCUT2D eigenvalue weighted by Gasteiger charge is -2.03. The molecule has 0 atom stereocenters. The van der Waals surface area contributed by atoms with E-state index in [1.807, 2.05) is 12.1 Å². The SMILES string of the molecule is O=C(NCCCO)c1cccc(Br)c1. The number of hydrogen-bond acceptors (Lipinski definition) is 2. The van der Waals surface area contributed by atoms with Crippen LogP contribution in [0.3, 0.4) is 0 Å². The van der Waals surface area contributed by atoms with Gasteiger partial charge < -0.3 is 10.4 Å². The molecule has 0 unspecified atom stereocenters. The summed E-state index contributed by atoms with van der Waals surface area (Å²) in [7, 11) is 0. The summed E-state index contributed by atoms with van der Waals surface area (Å²) in [5.41, 5.74) is 0.623. The number of benzene rings is 1. The highest BCUT2D eigenvalue weighted by molar-refractivity contribution is 9.10. The molecule has 0 aromatic heterocycles. The van der Waals surface area contributed by atoms with E-state index >= 15 is 0 Å². The van der Waals surface area contributed by atoms with Gasteiger partial charge in [-0.3, -0.25) is 4.79 Å². The van der Waals surface area contributed by atoms with Gasteiger partial charge >= 0.3 is 0 Å². The molecule has 4 heteroatoms. The molecule has 1 amide bonds. The van der Waals surface area contributed by atoms with Crippen LogP contribution in [0.15, 0.2) is 28.7 Å². The summed E-state index contributed by atoms with van der Waals surface area (Å²) in [6.07, 6.45) is 0.583. The third-order valence-corrected chi connectivity index (χ3v) is 2.20. The minimum Gasteiger partial charge on any atom is -0.396 e. The van der Waals surface area contributed by atoms with E-state index in [0.29, 0.717) is 18.5 Å². The quantitative estimate of drug-likeness (QED) is 0.805. The topological polar surface area (TPSA) is 49.3 Å². The molecule has 0 saturated heterocycles. The Morgan fingerprint density at radius 2 is 2.29 bits per heavy atom. The Labute approximate surface area is 91.3 Å². The van der Waals surface area contributed by atoms with Gasteiger partial charge in [0.05, 0.1) is 0 Å². The van der Waals surface area contributed by atoms with Gasteiger partial charge in [0.2, 0.25) is 0 Å². The molecule has 76 valence electrons. The van der Waals surface area contributed by atoms with Crippen LogP contribution in [0.2, 0.25) is 0 Å². The molecule has 0 fully saturated rings. The van der Waals surface area contributed by atoms with Crippen molar-refractivity contribution in [3.63, 3.8) is 0 Å². The van der Waals surface area contributed by atoms with Crippen molar-refractivity contribution in [1.82, 2.24) is 5.32 Å². The van der Waals surface area contributed by atoms with Crippen molar-refractivity contribution in [2.45, 2.75) is 6.42 Å². The Bertz CT molecular complexity index is 315. The number of aliphatic hydroxyl groups is 1. The maximum atomic E-state index is 11.5. The summed E-state index contributed by atoms with van der Waals surface area (Å²) in [6.45, 7) is 0.598. The van der Waals surface area contributed by atoms with Gasteiger partial charge in [-0.25, -0.2) is 0 Å². The second-order valence-corrected chi connectivity index (χ2v) is 3.76. The van der Waals surface area contributed by atoms with Crippen LogP contribution in [-0.4, -0.2) is 24.2 Å². The molecule has 0 aliphatic heterocycles. The lowest BCUT2D eigenvalue weighted by molar-refractivity contribution is 0.0951. The van der Waals surface area contributed by atoms with Crippen molar-refractivity contribution in [2.75, 3.05) is 13.2 Å². The number of hydrogen-bond donors (Lipinski definition) is 2. The van der Waals surface area contributed by atoms with Gasteiger partial charge in [0, 0.05) is 23.2 Å². The van der Waals surface area contributed by atoms with Crippen molar-refractivity contribution in [2.24, 2.45) is 0 Å². The summed E-state index contributed by atoms with van der Waals surface area (Å²) in [6, 6.07) is 7.18. The molecule has 0 aliphatic rings. The maximum Gasteiger partial charge on any atom is 0.251 e. The highest BCUT2D eigenvalue weighted by Gasteiger charge is 2.03. The predicted octanol–water partition coefficient (Wildman–Crippen LogP) is 1.56. The average molecular weight is 258 g/mol. The van der Waals surface area contributed by atoms with E-state index in [1.165, 1.54) is 0 Å². The number of aliphatic hydroxyl groups excluding tert-OH is 1. The summed E-state index contributed by atoms with van der Waals surface area (Å²) in [5, 5.41) is 11.2. The second-order valence-electron chi connectivity index (χ2n) is 2.84. The molecule has 3 nitrogen and oxygen atoms in total.